The third kappa shape index (κ3) is 2.13. The van der Waals surface area contributed by atoms with E-state index in [4.69, 9.17) is 4.74 Å². The SMILES string of the molecule is COC[C@]12C(=CC[C@@H]3[C@H]1CC[C@]1(C)C(O)CC[C@@H]31)CC(O)CC2C. The Labute approximate surface area is 146 Å². The summed E-state index contributed by atoms with van der Waals surface area (Å²) >= 11 is 0. The molecule has 3 nitrogen and oxygen atoms in total. The number of rotatable bonds is 2. The molecule has 8 atom stereocenters. The van der Waals surface area contributed by atoms with Crippen LogP contribution in [-0.2, 0) is 4.74 Å². The molecule has 3 fully saturated rings. The van der Waals surface area contributed by atoms with Gasteiger partial charge in [-0.15, -0.1) is 0 Å². The van der Waals surface area contributed by atoms with Crippen LogP contribution in [0.25, 0.3) is 0 Å². The maximum Gasteiger partial charge on any atom is 0.0596 e. The van der Waals surface area contributed by atoms with E-state index in [1.165, 1.54) is 18.4 Å². The molecule has 0 bridgehead atoms. The second-order valence-corrected chi connectivity index (χ2v) is 9.45. The van der Waals surface area contributed by atoms with Gasteiger partial charge < -0.3 is 14.9 Å². The molecular formula is C21H34O3. The maximum absolute atomic E-state index is 10.6. The number of allylic oxidation sites excluding steroid dienone is 1. The van der Waals surface area contributed by atoms with E-state index in [1.807, 2.05) is 7.11 Å². The van der Waals surface area contributed by atoms with Gasteiger partial charge in [-0.25, -0.2) is 0 Å². The molecule has 4 aliphatic rings. The second kappa shape index (κ2) is 5.82. The van der Waals surface area contributed by atoms with Crippen molar-refractivity contribution in [1.29, 1.82) is 0 Å². The molecule has 0 spiro atoms. The van der Waals surface area contributed by atoms with E-state index in [1.54, 1.807) is 0 Å². The van der Waals surface area contributed by atoms with Crippen LogP contribution in [0.3, 0.4) is 0 Å². The average molecular weight is 335 g/mol. The number of ether oxygens (including phenoxy) is 1. The van der Waals surface area contributed by atoms with Gasteiger partial charge in [0.2, 0.25) is 0 Å². The first-order valence-corrected chi connectivity index (χ1v) is 9.98. The molecule has 0 aromatic heterocycles. The molecule has 24 heavy (non-hydrogen) atoms. The third-order valence-electron chi connectivity index (χ3n) is 8.63. The van der Waals surface area contributed by atoms with Crippen molar-refractivity contribution in [3.05, 3.63) is 11.6 Å². The van der Waals surface area contributed by atoms with E-state index in [2.05, 4.69) is 19.9 Å². The monoisotopic (exact) mass is 334 g/mol. The van der Waals surface area contributed by atoms with E-state index in [-0.39, 0.29) is 23.0 Å². The number of aliphatic hydroxyl groups is 2. The van der Waals surface area contributed by atoms with Gasteiger partial charge in [-0.2, -0.15) is 0 Å². The lowest BCUT2D eigenvalue weighted by molar-refractivity contribution is -0.112. The summed E-state index contributed by atoms with van der Waals surface area (Å²) in [6.45, 7) is 5.45. The first-order chi connectivity index (χ1) is 11.4. The van der Waals surface area contributed by atoms with Gasteiger partial charge in [0.15, 0.2) is 0 Å². The Balaban J connectivity index is 1.74. The number of fused-ring (bicyclic) bond motifs is 5. The van der Waals surface area contributed by atoms with Crippen molar-refractivity contribution in [2.24, 2.45) is 34.5 Å². The van der Waals surface area contributed by atoms with E-state index in [0.717, 1.165) is 38.7 Å². The Bertz CT molecular complexity index is 529. The zero-order chi connectivity index (χ0) is 17.1. The van der Waals surface area contributed by atoms with Crippen molar-refractivity contribution < 1.29 is 14.9 Å². The van der Waals surface area contributed by atoms with Crippen molar-refractivity contribution in [1.82, 2.24) is 0 Å². The number of aliphatic hydroxyl groups excluding tert-OH is 2. The molecule has 0 saturated heterocycles. The minimum Gasteiger partial charge on any atom is -0.393 e. The molecule has 0 aliphatic heterocycles. The predicted molar refractivity (Wildman–Crippen MR) is 94.5 cm³/mol. The minimum absolute atomic E-state index is 0.113. The zero-order valence-electron chi connectivity index (χ0n) is 15.5. The fourth-order valence-corrected chi connectivity index (χ4v) is 7.43. The quantitative estimate of drug-likeness (QED) is 0.759. The Morgan fingerprint density at radius 3 is 2.75 bits per heavy atom. The van der Waals surface area contributed by atoms with Gasteiger partial charge in [-0.05, 0) is 74.0 Å². The van der Waals surface area contributed by atoms with Crippen LogP contribution >= 0.6 is 0 Å². The number of methoxy groups -OCH3 is 1. The van der Waals surface area contributed by atoms with Crippen LogP contribution in [0.5, 0.6) is 0 Å². The van der Waals surface area contributed by atoms with Crippen LogP contribution in [0.4, 0.5) is 0 Å². The Kier molecular flexibility index (Phi) is 4.14. The van der Waals surface area contributed by atoms with Crippen molar-refractivity contribution >= 4 is 0 Å². The second-order valence-electron chi connectivity index (χ2n) is 9.45. The predicted octanol–water partition coefficient (Wildman–Crippen LogP) is 3.54. The van der Waals surface area contributed by atoms with Gasteiger partial charge in [0.1, 0.15) is 0 Å². The van der Waals surface area contributed by atoms with Crippen LogP contribution < -0.4 is 0 Å². The molecule has 2 N–H and O–H groups in total. The van der Waals surface area contributed by atoms with E-state index >= 15 is 0 Å². The molecule has 4 rings (SSSR count). The van der Waals surface area contributed by atoms with Crippen molar-refractivity contribution in [2.75, 3.05) is 13.7 Å². The molecule has 0 aromatic rings. The third-order valence-corrected chi connectivity index (χ3v) is 8.63. The summed E-state index contributed by atoms with van der Waals surface area (Å²) in [5.74, 6) is 2.45. The van der Waals surface area contributed by atoms with Crippen molar-refractivity contribution in [3.63, 3.8) is 0 Å². The Morgan fingerprint density at radius 2 is 2.00 bits per heavy atom. The highest BCUT2D eigenvalue weighted by molar-refractivity contribution is 5.28. The van der Waals surface area contributed by atoms with Crippen LogP contribution in [0.15, 0.2) is 11.6 Å². The fourth-order valence-electron chi connectivity index (χ4n) is 7.43. The normalized spacial score (nSPS) is 53.8. The summed E-state index contributed by atoms with van der Waals surface area (Å²) in [6, 6.07) is 0. The highest BCUT2D eigenvalue weighted by Crippen LogP contribution is 2.66. The highest BCUT2D eigenvalue weighted by atomic mass is 16.5. The van der Waals surface area contributed by atoms with Gasteiger partial charge in [0.25, 0.3) is 0 Å². The fraction of sp³-hybridized carbons (Fsp3) is 0.905. The Morgan fingerprint density at radius 1 is 1.21 bits per heavy atom. The smallest absolute Gasteiger partial charge is 0.0596 e. The van der Waals surface area contributed by atoms with E-state index < -0.39 is 0 Å². The number of hydrogen-bond donors (Lipinski definition) is 2. The van der Waals surface area contributed by atoms with Crippen LogP contribution in [0.2, 0.25) is 0 Å². The molecule has 3 saturated carbocycles. The van der Waals surface area contributed by atoms with Crippen LogP contribution in [-0.4, -0.2) is 36.1 Å². The van der Waals surface area contributed by atoms with Crippen LogP contribution in [0.1, 0.15) is 58.8 Å². The molecule has 0 aromatic carbocycles. The summed E-state index contributed by atoms with van der Waals surface area (Å²) < 4.78 is 5.78. The first kappa shape index (κ1) is 17.1. The molecule has 0 heterocycles. The van der Waals surface area contributed by atoms with E-state index in [0.29, 0.717) is 23.7 Å². The molecule has 3 heteroatoms. The molecule has 4 aliphatic carbocycles. The topological polar surface area (TPSA) is 49.7 Å². The summed E-state index contributed by atoms with van der Waals surface area (Å²) in [6.07, 6.45) is 9.54. The molecule has 3 unspecified atom stereocenters. The van der Waals surface area contributed by atoms with Crippen molar-refractivity contribution in [3.8, 4) is 0 Å². The van der Waals surface area contributed by atoms with Crippen LogP contribution in [0, 0.1) is 34.5 Å². The molecule has 0 amide bonds. The Hall–Kier alpha value is -0.380. The lowest BCUT2D eigenvalue weighted by atomic mass is 9.45. The summed E-state index contributed by atoms with van der Waals surface area (Å²) in [7, 11) is 1.83. The zero-order valence-corrected chi connectivity index (χ0v) is 15.5. The lowest BCUT2D eigenvalue weighted by Gasteiger charge is -2.60. The van der Waals surface area contributed by atoms with Crippen molar-refractivity contribution in [2.45, 2.75) is 71.0 Å². The average Bonchev–Trinajstić information content (AvgIpc) is 2.84. The first-order valence-electron chi connectivity index (χ1n) is 9.98. The molecular weight excluding hydrogens is 300 g/mol. The lowest BCUT2D eigenvalue weighted by Crippen LogP contribution is -2.56. The van der Waals surface area contributed by atoms with Gasteiger partial charge in [-0.1, -0.05) is 25.5 Å². The van der Waals surface area contributed by atoms with Gasteiger partial charge in [0.05, 0.1) is 18.8 Å². The highest BCUT2D eigenvalue weighted by Gasteiger charge is 2.61. The van der Waals surface area contributed by atoms with Gasteiger partial charge in [-0.3, -0.25) is 0 Å². The number of hydrogen-bond acceptors (Lipinski definition) is 3. The maximum atomic E-state index is 10.6. The van der Waals surface area contributed by atoms with Gasteiger partial charge in [0, 0.05) is 12.5 Å². The standard InChI is InChI=1S/C21H34O3/c1-13-10-15(22)11-14-4-5-16-17-6-7-19(23)20(17,2)9-8-18(16)21(13,14)12-24-3/h4,13,15-19,22-23H,5-12H2,1-3H3/t13?,15?,16-,17-,18+,19?,20-,21-/m0/s1. The summed E-state index contributed by atoms with van der Waals surface area (Å²) in [5, 5.41) is 20.9. The molecule has 0 radical (unpaired) electrons. The summed E-state index contributed by atoms with van der Waals surface area (Å²) in [5.41, 5.74) is 1.71. The largest absolute Gasteiger partial charge is 0.393 e. The molecule has 136 valence electrons. The van der Waals surface area contributed by atoms with E-state index in [9.17, 15) is 10.2 Å². The minimum atomic E-state index is -0.185. The summed E-state index contributed by atoms with van der Waals surface area (Å²) in [4.78, 5) is 0. The van der Waals surface area contributed by atoms with Gasteiger partial charge >= 0.3 is 0 Å².